The SMILES string of the molecule is CCCCCOC(=O)Oc1ccc(C(C(C)C(C)OC(=O)OCC(C)CC)[C@H](N)C(=O)O)cc1OC(=O)OCCCCC. The van der Waals surface area contributed by atoms with Crippen LogP contribution in [0.4, 0.5) is 14.4 Å². The predicted molar refractivity (Wildman–Crippen MR) is 158 cm³/mol. The topological polar surface area (TPSA) is 170 Å². The lowest BCUT2D eigenvalue weighted by Gasteiger charge is -2.31. The Labute approximate surface area is 254 Å². The number of benzene rings is 1. The van der Waals surface area contributed by atoms with Crippen molar-refractivity contribution < 1.29 is 52.7 Å². The summed E-state index contributed by atoms with van der Waals surface area (Å²) in [6.07, 6.45) is 2.04. The highest BCUT2D eigenvalue weighted by Crippen LogP contribution is 2.37. The minimum absolute atomic E-state index is 0.132. The molecule has 1 aromatic rings. The van der Waals surface area contributed by atoms with E-state index in [-0.39, 0.29) is 37.2 Å². The summed E-state index contributed by atoms with van der Waals surface area (Å²) in [5.41, 5.74) is 6.45. The second kappa shape index (κ2) is 20.4. The van der Waals surface area contributed by atoms with Crippen molar-refractivity contribution in [3.05, 3.63) is 23.8 Å². The number of carboxylic acid groups (broad SMARTS) is 1. The highest BCUT2D eigenvalue weighted by molar-refractivity contribution is 5.75. The lowest BCUT2D eigenvalue weighted by Crippen LogP contribution is -2.42. The molecule has 0 spiro atoms. The first-order valence-corrected chi connectivity index (χ1v) is 15.1. The number of carbonyl (C=O) groups excluding carboxylic acids is 3. The maximum atomic E-state index is 12.5. The van der Waals surface area contributed by atoms with Crippen LogP contribution in [0, 0.1) is 11.8 Å². The molecule has 1 rings (SSSR count). The fraction of sp³-hybridized carbons (Fsp3) is 0.677. The van der Waals surface area contributed by atoms with Crippen LogP contribution >= 0.6 is 0 Å². The van der Waals surface area contributed by atoms with E-state index in [1.807, 2.05) is 27.7 Å². The van der Waals surface area contributed by atoms with Crippen LogP contribution < -0.4 is 15.2 Å². The number of nitrogens with two attached hydrogens (primary N) is 1. The number of rotatable bonds is 19. The molecule has 43 heavy (non-hydrogen) atoms. The molecule has 1 aromatic carbocycles. The third-order valence-electron chi connectivity index (χ3n) is 7.12. The van der Waals surface area contributed by atoms with E-state index in [0.29, 0.717) is 18.4 Å². The second-order valence-electron chi connectivity index (χ2n) is 10.7. The molecule has 5 atom stereocenters. The maximum Gasteiger partial charge on any atom is 0.513 e. The van der Waals surface area contributed by atoms with Gasteiger partial charge in [-0.2, -0.15) is 0 Å². The van der Waals surface area contributed by atoms with E-state index in [9.17, 15) is 24.3 Å². The molecule has 0 aliphatic carbocycles. The Kier molecular flexibility index (Phi) is 17.8. The van der Waals surface area contributed by atoms with E-state index in [2.05, 4.69) is 0 Å². The van der Waals surface area contributed by atoms with Crippen molar-refractivity contribution in [3.8, 4) is 11.5 Å². The van der Waals surface area contributed by atoms with Gasteiger partial charge in [-0.25, -0.2) is 14.4 Å². The van der Waals surface area contributed by atoms with Crippen LogP contribution in [-0.4, -0.2) is 61.5 Å². The first-order valence-electron chi connectivity index (χ1n) is 15.1. The Morgan fingerprint density at radius 1 is 0.791 bits per heavy atom. The van der Waals surface area contributed by atoms with E-state index in [4.69, 9.17) is 34.2 Å². The normalized spacial score (nSPS) is 14.4. The van der Waals surface area contributed by atoms with Gasteiger partial charge in [-0.1, -0.05) is 72.8 Å². The molecule has 0 aromatic heterocycles. The summed E-state index contributed by atoms with van der Waals surface area (Å²) in [4.78, 5) is 49.1. The lowest BCUT2D eigenvalue weighted by molar-refractivity contribution is -0.139. The van der Waals surface area contributed by atoms with Crippen molar-refractivity contribution in [3.63, 3.8) is 0 Å². The Morgan fingerprint density at radius 2 is 1.35 bits per heavy atom. The van der Waals surface area contributed by atoms with Crippen LogP contribution in [0.1, 0.15) is 98.0 Å². The van der Waals surface area contributed by atoms with Crippen LogP contribution in [0.25, 0.3) is 0 Å². The van der Waals surface area contributed by atoms with Gasteiger partial charge in [0.2, 0.25) is 0 Å². The van der Waals surface area contributed by atoms with E-state index in [1.54, 1.807) is 13.8 Å². The molecule has 244 valence electrons. The number of carboxylic acids is 1. The molecule has 0 saturated carbocycles. The summed E-state index contributed by atoms with van der Waals surface area (Å²) in [6.45, 7) is 11.7. The number of unbranched alkanes of at least 4 members (excludes halogenated alkanes) is 4. The predicted octanol–water partition coefficient (Wildman–Crippen LogP) is 6.82. The molecule has 0 amide bonds. The molecule has 0 radical (unpaired) electrons. The summed E-state index contributed by atoms with van der Waals surface area (Å²) in [7, 11) is 0. The fourth-order valence-corrected chi connectivity index (χ4v) is 4.05. The molecule has 0 bridgehead atoms. The molecule has 0 heterocycles. The first kappa shape index (κ1) is 37.5. The minimum Gasteiger partial charge on any atom is -0.480 e. The number of aliphatic carboxylic acids is 1. The third kappa shape index (κ3) is 14.0. The molecule has 3 N–H and O–H groups in total. The number of hydrogen-bond donors (Lipinski definition) is 2. The highest BCUT2D eigenvalue weighted by atomic mass is 16.7. The van der Waals surface area contributed by atoms with Crippen LogP contribution in [0.5, 0.6) is 11.5 Å². The van der Waals surface area contributed by atoms with Gasteiger partial charge in [-0.15, -0.1) is 0 Å². The average Bonchev–Trinajstić information content (AvgIpc) is 2.97. The van der Waals surface area contributed by atoms with Gasteiger partial charge in [0, 0.05) is 11.8 Å². The van der Waals surface area contributed by atoms with Crippen molar-refractivity contribution in [1.82, 2.24) is 0 Å². The number of ether oxygens (including phenoxy) is 6. The zero-order valence-electron chi connectivity index (χ0n) is 26.3. The van der Waals surface area contributed by atoms with Crippen molar-refractivity contribution in [2.45, 2.75) is 105 Å². The molecular weight excluding hydrogens is 562 g/mol. The molecule has 4 unspecified atom stereocenters. The summed E-state index contributed by atoms with van der Waals surface area (Å²) in [5, 5.41) is 9.80. The maximum absolute atomic E-state index is 12.5. The van der Waals surface area contributed by atoms with Crippen molar-refractivity contribution >= 4 is 24.4 Å². The van der Waals surface area contributed by atoms with E-state index in [1.165, 1.54) is 18.2 Å². The van der Waals surface area contributed by atoms with Gasteiger partial charge < -0.3 is 39.3 Å². The average molecular weight is 612 g/mol. The first-order chi connectivity index (χ1) is 20.4. The van der Waals surface area contributed by atoms with Crippen LogP contribution in [0.3, 0.4) is 0 Å². The molecule has 12 heteroatoms. The van der Waals surface area contributed by atoms with Gasteiger partial charge in [-0.05, 0) is 43.4 Å². The van der Waals surface area contributed by atoms with Gasteiger partial charge in [0.05, 0.1) is 19.8 Å². The van der Waals surface area contributed by atoms with E-state index in [0.717, 1.165) is 32.1 Å². The standard InChI is InChI=1S/C31H49NO11/c1-7-10-12-16-38-29(35)42-24-15-14-23(18-25(24)43-30(36)39-17-13-11-8-2)26(27(32)28(33)34)21(5)22(6)41-31(37)40-19-20(4)9-3/h14-15,18,20-22,26-27H,7-13,16-17,19,32H2,1-6H3,(H,33,34)/t20?,21?,22?,26?,27-/m0/s1. The molecule has 0 saturated heterocycles. The van der Waals surface area contributed by atoms with Crippen molar-refractivity contribution in [1.29, 1.82) is 0 Å². The Balaban J connectivity index is 3.28. The van der Waals surface area contributed by atoms with Crippen LogP contribution in [0.2, 0.25) is 0 Å². The monoisotopic (exact) mass is 611 g/mol. The highest BCUT2D eigenvalue weighted by Gasteiger charge is 2.36. The van der Waals surface area contributed by atoms with E-state index < -0.39 is 48.4 Å². The Bertz CT molecular complexity index is 1020. The van der Waals surface area contributed by atoms with E-state index >= 15 is 0 Å². The van der Waals surface area contributed by atoms with Crippen LogP contribution in [0.15, 0.2) is 18.2 Å². The number of hydrogen-bond acceptors (Lipinski definition) is 11. The minimum atomic E-state index is -1.43. The lowest BCUT2D eigenvalue weighted by atomic mass is 9.79. The molecule has 0 aliphatic rings. The van der Waals surface area contributed by atoms with Crippen LogP contribution in [-0.2, 0) is 23.7 Å². The zero-order valence-corrected chi connectivity index (χ0v) is 26.3. The summed E-state index contributed by atoms with van der Waals surface area (Å²) in [5.74, 6) is -3.03. The molecule has 0 fully saturated rings. The quantitative estimate of drug-likeness (QED) is 0.0725. The second-order valence-corrected chi connectivity index (χ2v) is 10.7. The fourth-order valence-electron chi connectivity index (χ4n) is 4.05. The third-order valence-corrected chi connectivity index (χ3v) is 7.12. The van der Waals surface area contributed by atoms with Gasteiger partial charge in [-0.3, -0.25) is 4.79 Å². The Morgan fingerprint density at radius 3 is 1.86 bits per heavy atom. The summed E-state index contributed by atoms with van der Waals surface area (Å²) >= 11 is 0. The Hall–Kier alpha value is -3.54. The van der Waals surface area contributed by atoms with Gasteiger partial charge in [0.25, 0.3) is 0 Å². The molecule has 0 aliphatic heterocycles. The van der Waals surface area contributed by atoms with Crippen molar-refractivity contribution in [2.75, 3.05) is 19.8 Å². The van der Waals surface area contributed by atoms with Crippen molar-refractivity contribution in [2.24, 2.45) is 17.6 Å². The summed E-state index contributed by atoms with van der Waals surface area (Å²) < 4.78 is 31.5. The van der Waals surface area contributed by atoms with Gasteiger partial charge in [0.15, 0.2) is 11.5 Å². The van der Waals surface area contributed by atoms with Gasteiger partial charge >= 0.3 is 24.4 Å². The zero-order chi connectivity index (χ0) is 32.4. The smallest absolute Gasteiger partial charge is 0.480 e. The molecular formula is C31H49NO11. The largest absolute Gasteiger partial charge is 0.513 e. The molecule has 12 nitrogen and oxygen atoms in total. The number of carbonyl (C=O) groups is 4. The summed E-state index contributed by atoms with van der Waals surface area (Å²) in [6, 6.07) is 2.77. The van der Waals surface area contributed by atoms with Gasteiger partial charge in [0.1, 0.15) is 12.1 Å².